The van der Waals surface area contributed by atoms with E-state index in [0.717, 1.165) is 39.0 Å². The summed E-state index contributed by atoms with van der Waals surface area (Å²) in [5, 5.41) is 0. The van der Waals surface area contributed by atoms with Crippen LogP contribution in [0.3, 0.4) is 0 Å². The molecule has 0 aromatic rings. The minimum absolute atomic E-state index is 0.112. The quantitative estimate of drug-likeness (QED) is 0.796. The topological polar surface area (TPSA) is 49.6 Å². The highest BCUT2D eigenvalue weighted by Gasteiger charge is 2.35. The molecule has 0 spiro atoms. The number of piperidine rings is 1. The van der Waals surface area contributed by atoms with E-state index in [0.29, 0.717) is 18.2 Å². The Morgan fingerprint density at radius 2 is 2.06 bits per heavy atom. The second kappa shape index (κ2) is 5.17. The van der Waals surface area contributed by atoms with Crippen LogP contribution in [0.5, 0.6) is 0 Å². The Morgan fingerprint density at radius 1 is 1.33 bits per heavy atom. The summed E-state index contributed by atoms with van der Waals surface area (Å²) in [6.45, 7) is 8.20. The Balaban J connectivity index is 1.83. The molecule has 0 saturated carbocycles. The molecule has 2 rings (SSSR count). The van der Waals surface area contributed by atoms with Crippen LogP contribution in [0.4, 0.5) is 0 Å². The van der Waals surface area contributed by atoms with Crippen LogP contribution in [0.25, 0.3) is 0 Å². The summed E-state index contributed by atoms with van der Waals surface area (Å²) in [6, 6.07) is 0.112. The number of amides is 1. The van der Waals surface area contributed by atoms with Gasteiger partial charge in [0.15, 0.2) is 0 Å². The van der Waals surface area contributed by atoms with E-state index >= 15 is 0 Å². The van der Waals surface area contributed by atoms with Crippen molar-refractivity contribution >= 4 is 5.91 Å². The van der Waals surface area contributed by atoms with E-state index in [-0.39, 0.29) is 11.5 Å². The van der Waals surface area contributed by atoms with Crippen molar-refractivity contribution in [1.29, 1.82) is 0 Å². The first-order valence-corrected chi connectivity index (χ1v) is 7.10. The highest BCUT2D eigenvalue weighted by molar-refractivity contribution is 5.76. The van der Waals surface area contributed by atoms with E-state index in [9.17, 15) is 4.79 Å². The van der Waals surface area contributed by atoms with Gasteiger partial charge in [0, 0.05) is 32.1 Å². The standard InChI is InChI=1S/C14H27N3O/c1-14(2)5-7-17(10-12(14)15)13(18)8-11-4-6-16(3)9-11/h11-12H,4-10,15H2,1-3H3. The zero-order valence-electron chi connectivity index (χ0n) is 12.0. The fraction of sp³-hybridized carbons (Fsp3) is 0.929. The molecule has 0 bridgehead atoms. The van der Waals surface area contributed by atoms with Gasteiger partial charge in [0.05, 0.1) is 0 Å². The lowest BCUT2D eigenvalue weighted by atomic mass is 9.78. The van der Waals surface area contributed by atoms with Crippen LogP contribution in [0.15, 0.2) is 0 Å². The Bertz CT molecular complexity index is 316. The molecule has 104 valence electrons. The Morgan fingerprint density at radius 3 is 2.61 bits per heavy atom. The molecule has 2 aliphatic rings. The molecule has 1 amide bonds. The number of nitrogens with zero attached hydrogens (tertiary/aromatic N) is 2. The van der Waals surface area contributed by atoms with Crippen LogP contribution >= 0.6 is 0 Å². The Hall–Kier alpha value is -0.610. The number of carbonyl (C=O) groups is 1. The molecule has 2 unspecified atom stereocenters. The lowest BCUT2D eigenvalue weighted by molar-refractivity contribution is -0.134. The van der Waals surface area contributed by atoms with Gasteiger partial charge in [0.1, 0.15) is 0 Å². The van der Waals surface area contributed by atoms with Gasteiger partial charge in [0.2, 0.25) is 5.91 Å². The molecule has 2 fully saturated rings. The lowest BCUT2D eigenvalue weighted by Gasteiger charge is -2.42. The molecular formula is C14H27N3O. The number of likely N-dealkylation sites (tertiary alicyclic amines) is 2. The van der Waals surface area contributed by atoms with Gasteiger partial charge >= 0.3 is 0 Å². The van der Waals surface area contributed by atoms with Crippen LogP contribution in [0, 0.1) is 11.3 Å². The van der Waals surface area contributed by atoms with Crippen molar-refractivity contribution < 1.29 is 4.79 Å². The normalized spacial score (nSPS) is 32.8. The maximum absolute atomic E-state index is 12.3. The zero-order valence-corrected chi connectivity index (χ0v) is 12.0. The van der Waals surface area contributed by atoms with Crippen LogP contribution in [0.2, 0.25) is 0 Å². The van der Waals surface area contributed by atoms with Crippen molar-refractivity contribution in [3.63, 3.8) is 0 Å². The van der Waals surface area contributed by atoms with Crippen molar-refractivity contribution in [3.05, 3.63) is 0 Å². The lowest BCUT2D eigenvalue weighted by Crippen LogP contribution is -2.54. The summed E-state index contributed by atoms with van der Waals surface area (Å²) in [4.78, 5) is 16.6. The fourth-order valence-electron chi connectivity index (χ4n) is 2.98. The molecule has 4 nitrogen and oxygen atoms in total. The summed E-state index contributed by atoms with van der Waals surface area (Å²) in [6.07, 6.45) is 2.88. The van der Waals surface area contributed by atoms with Gasteiger partial charge in [-0.2, -0.15) is 0 Å². The molecule has 2 aliphatic heterocycles. The number of nitrogens with two attached hydrogens (primary N) is 1. The fourth-order valence-corrected chi connectivity index (χ4v) is 2.98. The van der Waals surface area contributed by atoms with Crippen molar-refractivity contribution in [2.24, 2.45) is 17.1 Å². The molecule has 0 aromatic carbocycles. The third-order valence-corrected chi connectivity index (χ3v) is 4.75. The van der Waals surface area contributed by atoms with Gasteiger partial charge in [-0.1, -0.05) is 13.8 Å². The number of hydrogen-bond acceptors (Lipinski definition) is 3. The minimum Gasteiger partial charge on any atom is -0.341 e. The average Bonchev–Trinajstić information content (AvgIpc) is 2.68. The zero-order chi connectivity index (χ0) is 13.3. The smallest absolute Gasteiger partial charge is 0.222 e. The van der Waals surface area contributed by atoms with Crippen LogP contribution in [-0.2, 0) is 4.79 Å². The second-order valence-electron chi connectivity index (χ2n) is 6.81. The average molecular weight is 253 g/mol. The largest absolute Gasteiger partial charge is 0.341 e. The maximum atomic E-state index is 12.3. The van der Waals surface area contributed by atoms with Crippen molar-refractivity contribution in [2.75, 3.05) is 33.2 Å². The molecule has 0 aromatic heterocycles. The molecule has 18 heavy (non-hydrogen) atoms. The summed E-state index contributed by atoms with van der Waals surface area (Å²) >= 11 is 0. The van der Waals surface area contributed by atoms with E-state index < -0.39 is 0 Å². The summed E-state index contributed by atoms with van der Waals surface area (Å²) in [5.41, 5.74) is 6.34. The van der Waals surface area contributed by atoms with Crippen molar-refractivity contribution in [3.8, 4) is 0 Å². The monoisotopic (exact) mass is 253 g/mol. The number of rotatable bonds is 2. The van der Waals surface area contributed by atoms with E-state index in [1.165, 1.54) is 0 Å². The van der Waals surface area contributed by atoms with Gasteiger partial charge in [-0.05, 0) is 37.8 Å². The van der Waals surface area contributed by atoms with E-state index in [1.807, 2.05) is 4.90 Å². The predicted octanol–water partition coefficient (Wildman–Crippen LogP) is 0.914. The van der Waals surface area contributed by atoms with E-state index in [1.54, 1.807) is 0 Å². The van der Waals surface area contributed by atoms with Crippen LogP contribution in [-0.4, -0.2) is 55.0 Å². The van der Waals surface area contributed by atoms with Crippen LogP contribution < -0.4 is 5.73 Å². The van der Waals surface area contributed by atoms with Gasteiger partial charge in [0.25, 0.3) is 0 Å². The first-order chi connectivity index (χ1) is 8.38. The molecule has 0 aliphatic carbocycles. The maximum Gasteiger partial charge on any atom is 0.222 e. The summed E-state index contributed by atoms with van der Waals surface area (Å²) in [5.74, 6) is 0.856. The highest BCUT2D eigenvalue weighted by atomic mass is 16.2. The first kappa shape index (κ1) is 13.8. The Kier molecular flexibility index (Phi) is 3.97. The molecule has 2 saturated heterocycles. The second-order valence-corrected chi connectivity index (χ2v) is 6.81. The highest BCUT2D eigenvalue weighted by Crippen LogP contribution is 2.30. The summed E-state index contributed by atoms with van der Waals surface area (Å²) < 4.78 is 0. The third kappa shape index (κ3) is 3.04. The molecule has 2 heterocycles. The molecule has 4 heteroatoms. The van der Waals surface area contributed by atoms with Gasteiger partial charge in [-0.25, -0.2) is 0 Å². The number of hydrogen-bond donors (Lipinski definition) is 1. The van der Waals surface area contributed by atoms with E-state index in [2.05, 4.69) is 25.8 Å². The van der Waals surface area contributed by atoms with Crippen LogP contribution in [0.1, 0.15) is 33.1 Å². The van der Waals surface area contributed by atoms with Crippen molar-refractivity contribution in [2.45, 2.75) is 39.2 Å². The van der Waals surface area contributed by atoms with Gasteiger partial charge < -0.3 is 15.5 Å². The SMILES string of the molecule is CN1CCC(CC(=O)N2CCC(C)(C)C(N)C2)C1. The van der Waals surface area contributed by atoms with Gasteiger partial charge in [-0.3, -0.25) is 4.79 Å². The molecule has 2 N–H and O–H groups in total. The third-order valence-electron chi connectivity index (χ3n) is 4.75. The van der Waals surface area contributed by atoms with Gasteiger partial charge in [-0.15, -0.1) is 0 Å². The molecular weight excluding hydrogens is 226 g/mol. The van der Waals surface area contributed by atoms with Crippen molar-refractivity contribution in [1.82, 2.24) is 9.80 Å². The molecule has 0 radical (unpaired) electrons. The Labute approximate surface area is 110 Å². The first-order valence-electron chi connectivity index (χ1n) is 7.10. The minimum atomic E-state index is 0.112. The van der Waals surface area contributed by atoms with E-state index in [4.69, 9.17) is 5.73 Å². The number of carbonyl (C=O) groups excluding carboxylic acids is 1. The summed E-state index contributed by atoms with van der Waals surface area (Å²) in [7, 11) is 2.13. The predicted molar refractivity (Wildman–Crippen MR) is 73.2 cm³/mol. The molecule has 2 atom stereocenters.